The first-order valence-corrected chi connectivity index (χ1v) is 8.38. The molecule has 2 rings (SSSR count). The maximum absolute atomic E-state index is 12.1. The van der Waals surface area contributed by atoms with Gasteiger partial charge in [0, 0.05) is 13.0 Å². The van der Waals surface area contributed by atoms with Crippen LogP contribution in [-0.4, -0.2) is 32.6 Å². The molecule has 2 aromatic rings. The highest BCUT2D eigenvalue weighted by Gasteiger charge is 2.13. The van der Waals surface area contributed by atoms with E-state index in [-0.39, 0.29) is 23.6 Å². The highest BCUT2D eigenvalue weighted by Crippen LogP contribution is 2.29. The predicted octanol–water partition coefficient (Wildman–Crippen LogP) is 2.68. The van der Waals surface area contributed by atoms with Crippen LogP contribution in [0.15, 0.2) is 41.0 Å². The Balaban J connectivity index is 1.76. The van der Waals surface area contributed by atoms with Gasteiger partial charge in [0.2, 0.25) is 5.91 Å². The highest BCUT2D eigenvalue weighted by molar-refractivity contribution is 5.91. The zero-order valence-electron chi connectivity index (χ0n) is 15.2. The summed E-state index contributed by atoms with van der Waals surface area (Å²) in [5.41, 5.74) is 0.919. The molecule has 0 aliphatic rings. The molecule has 7 nitrogen and oxygen atoms in total. The van der Waals surface area contributed by atoms with Crippen LogP contribution in [0.1, 0.15) is 41.9 Å². The summed E-state index contributed by atoms with van der Waals surface area (Å²) in [7, 11) is 3.15. The Bertz CT molecular complexity index is 728. The standard InChI is InChI=1S/C19H24N2O5/c1-13(14-8-9-15(24-2)17(12-14)25-3)21-18(22)7-4-10-20-19(23)16-6-5-11-26-16/h5-6,8-9,11-13H,4,7,10H2,1-3H3,(H,20,23)(H,21,22). The van der Waals surface area contributed by atoms with E-state index in [0.29, 0.717) is 30.9 Å². The number of hydrogen-bond acceptors (Lipinski definition) is 5. The van der Waals surface area contributed by atoms with Crippen LogP contribution in [0, 0.1) is 0 Å². The lowest BCUT2D eigenvalue weighted by molar-refractivity contribution is -0.121. The molecule has 7 heteroatoms. The van der Waals surface area contributed by atoms with Crippen molar-refractivity contribution in [3.63, 3.8) is 0 Å². The van der Waals surface area contributed by atoms with E-state index in [9.17, 15) is 9.59 Å². The minimum Gasteiger partial charge on any atom is -0.493 e. The molecule has 0 saturated carbocycles. The first-order valence-electron chi connectivity index (χ1n) is 8.38. The minimum absolute atomic E-state index is 0.0838. The molecule has 0 fully saturated rings. The van der Waals surface area contributed by atoms with E-state index in [1.54, 1.807) is 32.4 Å². The third kappa shape index (κ3) is 5.27. The van der Waals surface area contributed by atoms with Gasteiger partial charge < -0.3 is 24.5 Å². The summed E-state index contributed by atoms with van der Waals surface area (Å²) in [5.74, 6) is 1.15. The van der Waals surface area contributed by atoms with Gasteiger partial charge in [0.25, 0.3) is 5.91 Å². The summed E-state index contributed by atoms with van der Waals surface area (Å²) < 4.78 is 15.5. The first kappa shape index (κ1) is 19.4. The topological polar surface area (TPSA) is 89.8 Å². The first-order chi connectivity index (χ1) is 12.5. The largest absolute Gasteiger partial charge is 0.493 e. The van der Waals surface area contributed by atoms with Crippen molar-refractivity contribution in [3.05, 3.63) is 47.9 Å². The van der Waals surface area contributed by atoms with Crippen LogP contribution in [-0.2, 0) is 4.79 Å². The van der Waals surface area contributed by atoms with Crippen LogP contribution in [0.4, 0.5) is 0 Å². The van der Waals surface area contributed by atoms with Gasteiger partial charge in [0.15, 0.2) is 17.3 Å². The van der Waals surface area contributed by atoms with Gasteiger partial charge in [-0.05, 0) is 43.2 Å². The lowest BCUT2D eigenvalue weighted by atomic mass is 10.1. The van der Waals surface area contributed by atoms with E-state index in [1.165, 1.54) is 6.26 Å². The maximum Gasteiger partial charge on any atom is 0.286 e. The van der Waals surface area contributed by atoms with Gasteiger partial charge >= 0.3 is 0 Å². The zero-order valence-corrected chi connectivity index (χ0v) is 15.2. The van der Waals surface area contributed by atoms with Gasteiger partial charge in [-0.15, -0.1) is 0 Å². The fourth-order valence-electron chi connectivity index (χ4n) is 2.46. The molecular formula is C19H24N2O5. The Morgan fingerprint density at radius 3 is 2.58 bits per heavy atom. The normalized spacial score (nSPS) is 11.5. The van der Waals surface area contributed by atoms with Crippen LogP contribution < -0.4 is 20.1 Å². The van der Waals surface area contributed by atoms with Crippen LogP contribution in [0.25, 0.3) is 0 Å². The van der Waals surface area contributed by atoms with Gasteiger partial charge in [-0.2, -0.15) is 0 Å². The smallest absolute Gasteiger partial charge is 0.286 e. The van der Waals surface area contributed by atoms with E-state index >= 15 is 0 Å². The number of methoxy groups -OCH3 is 2. The molecule has 1 unspecified atom stereocenters. The summed E-state index contributed by atoms with van der Waals surface area (Å²) >= 11 is 0. The van der Waals surface area contributed by atoms with Crippen molar-refractivity contribution in [2.45, 2.75) is 25.8 Å². The van der Waals surface area contributed by atoms with E-state index in [0.717, 1.165) is 5.56 Å². The molecule has 0 aliphatic carbocycles. The molecule has 1 aromatic heterocycles. The molecule has 1 aromatic carbocycles. The van der Waals surface area contributed by atoms with Gasteiger partial charge in [0.1, 0.15) is 0 Å². The number of nitrogens with one attached hydrogen (secondary N) is 2. The molecule has 140 valence electrons. The molecule has 2 amide bonds. The van der Waals surface area contributed by atoms with Crippen molar-refractivity contribution in [1.82, 2.24) is 10.6 Å². The molecule has 1 atom stereocenters. The summed E-state index contributed by atoms with van der Waals surface area (Å²) in [5, 5.41) is 5.64. The van der Waals surface area contributed by atoms with Crippen molar-refractivity contribution < 1.29 is 23.5 Å². The Labute approximate surface area is 152 Å². The summed E-state index contributed by atoms with van der Waals surface area (Å²) in [6.45, 7) is 2.30. The summed E-state index contributed by atoms with van der Waals surface area (Å²) in [6, 6.07) is 8.61. The Hall–Kier alpha value is -2.96. The summed E-state index contributed by atoms with van der Waals surface area (Å²) in [4.78, 5) is 23.8. The molecule has 26 heavy (non-hydrogen) atoms. The Kier molecular flexibility index (Phi) is 7.08. The lowest BCUT2D eigenvalue weighted by Crippen LogP contribution is -2.29. The van der Waals surface area contributed by atoms with Crippen molar-refractivity contribution in [1.29, 1.82) is 0 Å². The Morgan fingerprint density at radius 2 is 1.92 bits per heavy atom. The quantitative estimate of drug-likeness (QED) is 0.671. The summed E-state index contributed by atoms with van der Waals surface area (Å²) in [6.07, 6.45) is 2.30. The second kappa shape index (κ2) is 9.50. The number of carbonyl (C=O) groups excluding carboxylic acids is 2. The van der Waals surface area contributed by atoms with E-state index < -0.39 is 0 Å². The minimum atomic E-state index is -0.283. The number of benzene rings is 1. The van der Waals surface area contributed by atoms with Crippen LogP contribution in [0.5, 0.6) is 11.5 Å². The predicted molar refractivity (Wildman–Crippen MR) is 96.4 cm³/mol. The number of amides is 2. The number of carbonyl (C=O) groups is 2. The average molecular weight is 360 g/mol. The monoisotopic (exact) mass is 360 g/mol. The SMILES string of the molecule is COc1ccc(C(C)NC(=O)CCCNC(=O)c2ccco2)cc1OC. The molecule has 0 bridgehead atoms. The maximum atomic E-state index is 12.1. The Morgan fingerprint density at radius 1 is 1.15 bits per heavy atom. The highest BCUT2D eigenvalue weighted by atomic mass is 16.5. The van der Waals surface area contributed by atoms with E-state index in [1.807, 2.05) is 19.1 Å². The lowest BCUT2D eigenvalue weighted by Gasteiger charge is -2.16. The molecule has 0 aliphatic heterocycles. The molecule has 0 saturated heterocycles. The van der Waals surface area contributed by atoms with Crippen molar-refractivity contribution in [2.24, 2.45) is 0 Å². The van der Waals surface area contributed by atoms with Crippen LogP contribution >= 0.6 is 0 Å². The molecule has 0 radical (unpaired) electrons. The molecule has 1 heterocycles. The fourth-order valence-corrected chi connectivity index (χ4v) is 2.46. The second-order valence-corrected chi connectivity index (χ2v) is 5.74. The van der Waals surface area contributed by atoms with Crippen molar-refractivity contribution in [3.8, 4) is 11.5 Å². The number of hydrogen-bond donors (Lipinski definition) is 2. The van der Waals surface area contributed by atoms with Crippen molar-refractivity contribution in [2.75, 3.05) is 20.8 Å². The van der Waals surface area contributed by atoms with Crippen LogP contribution in [0.3, 0.4) is 0 Å². The number of rotatable bonds is 9. The van der Waals surface area contributed by atoms with Gasteiger partial charge in [-0.3, -0.25) is 9.59 Å². The zero-order chi connectivity index (χ0) is 18.9. The van der Waals surface area contributed by atoms with Gasteiger partial charge in [-0.1, -0.05) is 6.07 Å². The molecule has 0 spiro atoms. The second-order valence-electron chi connectivity index (χ2n) is 5.74. The van der Waals surface area contributed by atoms with Gasteiger partial charge in [0.05, 0.1) is 26.5 Å². The average Bonchev–Trinajstić information content (AvgIpc) is 3.19. The van der Waals surface area contributed by atoms with E-state index in [2.05, 4.69) is 10.6 Å². The fraction of sp³-hybridized carbons (Fsp3) is 0.368. The van der Waals surface area contributed by atoms with Gasteiger partial charge in [-0.25, -0.2) is 0 Å². The third-order valence-electron chi connectivity index (χ3n) is 3.90. The number of furan rings is 1. The van der Waals surface area contributed by atoms with Crippen LogP contribution in [0.2, 0.25) is 0 Å². The molecule has 2 N–H and O–H groups in total. The third-order valence-corrected chi connectivity index (χ3v) is 3.90. The van der Waals surface area contributed by atoms with E-state index in [4.69, 9.17) is 13.9 Å². The van der Waals surface area contributed by atoms with Crippen molar-refractivity contribution >= 4 is 11.8 Å². The number of ether oxygens (including phenoxy) is 2. The molecular weight excluding hydrogens is 336 g/mol.